The van der Waals surface area contributed by atoms with E-state index in [4.69, 9.17) is 9.84 Å². The molecule has 1 N–H and O–H groups in total. The summed E-state index contributed by atoms with van der Waals surface area (Å²) in [5.41, 5.74) is 1.42. The summed E-state index contributed by atoms with van der Waals surface area (Å²) in [6, 6.07) is 7.29. The van der Waals surface area contributed by atoms with Crippen molar-refractivity contribution in [1.82, 2.24) is 4.90 Å². The first kappa shape index (κ1) is 17.2. The van der Waals surface area contributed by atoms with E-state index in [1.54, 1.807) is 31.4 Å². The minimum Gasteiger partial charge on any atom is -0.384 e. The van der Waals surface area contributed by atoms with Gasteiger partial charge in [-0.25, -0.2) is 0 Å². The highest BCUT2D eigenvalue weighted by atomic mass is 16.5. The van der Waals surface area contributed by atoms with Crippen LogP contribution in [0.15, 0.2) is 24.3 Å². The molecule has 0 fully saturated rings. The maximum absolute atomic E-state index is 12.6. The highest BCUT2D eigenvalue weighted by molar-refractivity contribution is 5.94. The number of methoxy groups -OCH3 is 1. The topological polar surface area (TPSA) is 49.8 Å². The van der Waals surface area contributed by atoms with E-state index in [0.717, 1.165) is 12.0 Å². The number of carbonyl (C=O) groups is 1. The van der Waals surface area contributed by atoms with E-state index in [9.17, 15) is 4.79 Å². The number of nitrogens with zero attached hydrogens (tertiary/aromatic N) is 1. The number of ether oxygens (including phenoxy) is 1. The SMILES string of the molecule is CCC(C)N(CCOC)C(=O)c1ccc(C#CCO)cc1. The molecule has 0 aromatic heterocycles. The van der Waals surface area contributed by atoms with Crippen molar-refractivity contribution in [2.45, 2.75) is 26.3 Å². The fraction of sp³-hybridized carbons (Fsp3) is 0.471. The third-order valence-corrected chi connectivity index (χ3v) is 3.36. The van der Waals surface area contributed by atoms with E-state index >= 15 is 0 Å². The van der Waals surface area contributed by atoms with Crippen LogP contribution in [0.25, 0.3) is 0 Å². The molecule has 1 unspecified atom stereocenters. The predicted octanol–water partition coefficient (Wildman–Crippen LogP) is 1.92. The molecule has 21 heavy (non-hydrogen) atoms. The van der Waals surface area contributed by atoms with Crippen molar-refractivity contribution in [2.75, 3.05) is 26.9 Å². The Morgan fingerprint density at radius 2 is 2.05 bits per heavy atom. The Morgan fingerprint density at radius 1 is 1.38 bits per heavy atom. The number of aliphatic hydroxyl groups is 1. The van der Waals surface area contributed by atoms with Crippen molar-refractivity contribution >= 4 is 5.91 Å². The van der Waals surface area contributed by atoms with Crippen LogP contribution in [0, 0.1) is 11.8 Å². The molecule has 0 radical (unpaired) electrons. The molecular formula is C17H23NO3. The van der Waals surface area contributed by atoms with Crippen LogP contribution < -0.4 is 0 Å². The number of hydrogen-bond donors (Lipinski definition) is 1. The maximum Gasteiger partial charge on any atom is 0.254 e. The van der Waals surface area contributed by atoms with E-state index in [2.05, 4.69) is 18.8 Å². The van der Waals surface area contributed by atoms with Gasteiger partial charge in [0.1, 0.15) is 6.61 Å². The van der Waals surface area contributed by atoms with Crippen LogP contribution in [0.3, 0.4) is 0 Å². The van der Waals surface area contributed by atoms with Crippen molar-refractivity contribution in [3.8, 4) is 11.8 Å². The van der Waals surface area contributed by atoms with Crippen molar-refractivity contribution in [3.05, 3.63) is 35.4 Å². The predicted molar refractivity (Wildman–Crippen MR) is 83.1 cm³/mol. The Labute approximate surface area is 126 Å². The van der Waals surface area contributed by atoms with Crippen LogP contribution in [-0.4, -0.2) is 48.8 Å². The van der Waals surface area contributed by atoms with Gasteiger partial charge in [-0.3, -0.25) is 4.79 Å². The van der Waals surface area contributed by atoms with Crippen LogP contribution in [0.1, 0.15) is 36.2 Å². The van der Waals surface area contributed by atoms with Gasteiger partial charge in [-0.15, -0.1) is 0 Å². The smallest absolute Gasteiger partial charge is 0.254 e. The molecule has 1 aromatic carbocycles. The van der Waals surface area contributed by atoms with Gasteiger partial charge in [0.25, 0.3) is 5.91 Å². The van der Waals surface area contributed by atoms with E-state index < -0.39 is 0 Å². The molecule has 0 bridgehead atoms. The van der Waals surface area contributed by atoms with Crippen molar-refractivity contribution in [3.63, 3.8) is 0 Å². The molecule has 0 spiro atoms. The Bertz CT molecular complexity index is 499. The van der Waals surface area contributed by atoms with Gasteiger partial charge < -0.3 is 14.7 Å². The van der Waals surface area contributed by atoms with Crippen LogP contribution in [0.4, 0.5) is 0 Å². The van der Waals surface area contributed by atoms with Crippen molar-refractivity contribution < 1.29 is 14.6 Å². The fourth-order valence-corrected chi connectivity index (χ4v) is 1.94. The first-order valence-electron chi connectivity index (χ1n) is 7.13. The fourth-order valence-electron chi connectivity index (χ4n) is 1.94. The van der Waals surface area contributed by atoms with E-state index in [0.29, 0.717) is 18.7 Å². The molecule has 1 aromatic rings. The molecule has 0 saturated carbocycles. The lowest BCUT2D eigenvalue weighted by Gasteiger charge is -2.28. The summed E-state index contributed by atoms with van der Waals surface area (Å²) in [4.78, 5) is 14.4. The summed E-state index contributed by atoms with van der Waals surface area (Å²) >= 11 is 0. The van der Waals surface area contributed by atoms with Crippen LogP contribution in [0.2, 0.25) is 0 Å². The highest BCUT2D eigenvalue weighted by Crippen LogP contribution is 2.12. The zero-order valence-electron chi connectivity index (χ0n) is 12.9. The van der Waals surface area contributed by atoms with Gasteiger partial charge in [0.2, 0.25) is 0 Å². The highest BCUT2D eigenvalue weighted by Gasteiger charge is 2.19. The Balaban J connectivity index is 2.87. The number of benzene rings is 1. The monoisotopic (exact) mass is 289 g/mol. The zero-order chi connectivity index (χ0) is 15.7. The summed E-state index contributed by atoms with van der Waals surface area (Å²) in [6.45, 7) is 5.03. The molecule has 0 aliphatic heterocycles. The Kier molecular flexibility index (Phi) is 7.52. The molecule has 0 saturated heterocycles. The largest absolute Gasteiger partial charge is 0.384 e. The molecule has 4 nitrogen and oxygen atoms in total. The van der Waals surface area contributed by atoms with Gasteiger partial charge >= 0.3 is 0 Å². The minimum absolute atomic E-state index is 0.00284. The van der Waals surface area contributed by atoms with Crippen LogP contribution in [-0.2, 0) is 4.74 Å². The minimum atomic E-state index is -0.167. The molecule has 114 valence electrons. The quantitative estimate of drug-likeness (QED) is 0.814. The molecular weight excluding hydrogens is 266 g/mol. The first-order valence-corrected chi connectivity index (χ1v) is 7.13. The molecule has 0 aliphatic rings. The van der Waals surface area contributed by atoms with Crippen LogP contribution in [0.5, 0.6) is 0 Å². The normalized spacial score (nSPS) is 11.4. The lowest BCUT2D eigenvalue weighted by atomic mass is 10.1. The van der Waals surface area contributed by atoms with Crippen molar-refractivity contribution in [1.29, 1.82) is 0 Å². The van der Waals surface area contributed by atoms with Gasteiger partial charge in [-0.1, -0.05) is 18.8 Å². The number of amides is 1. The number of carbonyl (C=O) groups excluding carboxylic acids is 1. The summed E-state index contributed by atoms with van der Waals surface area (Å²) < 4.78 is 5.08. The third kappa shape index (κ3) is 5.22. The van der Waals surface area contributed by atoms with Gasteiger partial charge in [0.15, 0.2) is 0 Å². The van der Waals surface area contributed by atoms with Crippen molar-refractivity contribution in [2.24, 2.45) is 0 Å². The van der Waals surface area contributed by atoms with E-state index in [1.807, 2.05) is 11.8 Å². The number of hydrogen-bond acceptors (Lipinski definition) is 3. The molecule has 0 aliphatic carbocycles. The summed E-state index contributed by atoms with van der Waals surface area (Å²) in [5, 5.41) is 8.67. The Morgan fingerprint density at radius 3 is 2.57 bits per heavy atom. The molecule has 1 amide bonds. The first-order chi connectivity index (χ1) is 10.1. The second-order valence-corrected chi connectivity index (χ2v) is 4.79. The molecule has 0 heterocycles. The lowest BCUT2D eigenvalue weighted by molar-refractivity contribution is 0.0614. The summed E-state index contributed by atoms with van der Waals surface area (Å²) in [5.74, 6) is 5.40. The van der Waals surface area contributed by atoms with E-state index in [1.165, 1.54) is 0 Å². The van der Waals surface area contributed by atoms with E-state index in [-0.39, 0.29) is 18.6 Å². The molecule has 1 atom stereocenters. The summed E-state index contributed by atoms with van der Waals surface area (Å²) in [6.07, 6.45) is 0.898. The molecule has 1 rings (SSSR count). The second-order valence-electron chi connectivity index (χ2n) is 4.79. The number of aliphatic hydroxyl groups excluding tert-OH is 1. The average Bonchev–Trinajstić information content (AvgIpc) is 2.53. The average molecular weight is 289 g/mol. The third-order valence-electron chi connectivity index (χ3n) is 3.36. The maximum atomic E-state index is 12.6. The standard InChI is InChI=1S/C17H23NO3/c1-4-14(2)18(11-13-21-3)17(20)16-9-7-15(8-10-16)6-5-12-19/h7-10,14,19H,4,11-13H2,1-3H3. The Hall–Kier alpha value is -1.83. The zero-order valence-corrected chi connectivity index (χ0v) is 12.9. The van der Waals surface area contributed by atoms with Gasteiger partial charge in [-0.2, -0.15) is 0 Å². The second kappa shape index (κ2) is 9.17. The molecule has 4 heteroatoms. The lowest BCUT2D eigenvalue weighted by Crippen LogP contribution is -2.40. The van der Waals surface area contributed by atoms with Crippen LogP contribution >= 0.6 is 0 Å². The summed E-state index contributed by atoms with van der Waals surface area (Å²) in [7, 11) is 1.63. The van der Waals surface area contributed by atoms with Gasteiger partial charge in [0, 0.05) is 30.8 Å². The number of rotatable bonds is 6. The van der Waals surface area contributed by atoms with Gasteiger partial charge in [0.05, 0.1) is 6.61 Å². The van der Waals surface area contributed by atoms with Gasteiger partial charge in [-0.05, 0) is 37.6 Å².